The van der Waals surface area contributed by atoms with Gasteiger partial charge >= 0.3 is 0 Å². The summed E-state index contributed by atoms with van der Waals surface area (Å²) in [5, 5.41) is 11.5. The van der Waals surface area contributed by atoms with Crippen LogP contribution in [0.25, 0.3) is 11.3 Å². The number of morpholine rings is 1. The maximum Gasteiger partial charge on any atom is 0.255 e. The van der Waals surface area contributed by atoms with Crippen LogP contribution in [0.5, 0.6) is 0 Å². The maximum atomic E-state index is 12.4. The Morgan fingerprint density at radius 1 is 1.24 bits per heavy atom. The van der Waals surface area contributed by atoms with Crippen LogP contribution >= 0.6 is 0 Å². The van der Waals surface area contributed by atoms with E-state index in [0.29, 0.717) is 43.5 Å². The Labute approximate surface area is 144 Å². The first-order valence-electron chi connectivity index (χ1n) is 7.85. The van der Waals surface area contributed by atoms with Crippen molar-refractivity contribution in [1.82, 2.24) is 25.3 Å². The summed E-state index contributed by atoms with van der Waals surface area (Å²) in [4.78, 5) is 31.1. The van der Waals surface area contributed by atoms with Crippen LogP contribution in [-0.4, -0.2) is 70.4 Å². The normalized spacial score (nSPS) is 14.4. The van der Waals surface area contributed by atoms with Crippen LogP contribution in [0, 0.1) is 0 Å². The number of nitrogens with one attached hydrogen (secondary N) is 1. The Hall–Kier alpha value is -2.85. The Bertz CT molecular complexity index is 732. The van der Waals surface area contributed by atoms with E-state index in [4.69, 9.17) is 15.6 Å². The molecule has 1 fully saturated rings. The van der Waals surface area contributed by atoms with Gasteiger partial charge in [0.15, 0.2) is 0 Å². The second-order valence-electron chi connectivity index (χ2n) is 5.34. The number of aromatic nitrogens is 4. The predicted octanol–water partition coefficient (Wildman–Crippen LogP) is -0.925. The standard InChI is InChI=1S/C15H19N7O3/c16-14-18-7-10(8-19-14)12-11(13(24)17-1-4-23)9-20-15(21-12)22-2-5-25-6-3-22/h7-9,23H,1-6H2,(H,17,24)(H2,16,18,19). The number of nitrogens with zero attached hydrogens (tertiary/aromatic N) is 5. The molecule has 0 spiro atoms. The topological polar surface area (TPSA) is 139 Å². The minimum absolute atomic E-state index is 0.137. The van der Waals surface area contributed by atoms with Gasteiger partial charge in [0.1, 0.15) is 0 Å². The molecular formula is C15H19N7O3. The van der Waals surface area contributed by atoms with E-state index >= 15 is 0 Å². The molecule has 0 saturated carbocycles. The molecule has 3 rings (SSSR count). The van der Waals surface area contributed by atoms with Gasteiger partial charge < -0.3 is 25.8 Å². The van der Waals surface area contributed by atoms with Crippen LogP contribution < -0.4 is 16.0 Å². The zero-order valence-electron chi connectivity index (χ0n) is 13.6. The molecule has 0 radical (unpaired) electrons. The molecule has 4 N–H and O–H groups in total. The van der Waals surface area contributed by atoms with Crippen molar-refractivity contribution in [3.63, 3.8) is 0 Å². The maximum absolute atomic E-state index is 12.4. The Morgan fingerprint density at radius 3 is 2.64 bits per heavy atom. The van der Waals surface area contributed by atoms with Crippen LogP contribution in [0.2, 0.25) is 0 Å². The van der Waals surface area contributed by atoms with Gasteiger partial charge in [0.2, 0.25) is 11.9 Å². The third-order valence-corrected chi connectivity index (χ3v) is 3.66. The number of nitrogen functional groups attached to an aromatic ring is 1. The second kappa shape index (κ2) is 7.81. The van der Waals surface area contributed by atoms with Crippen molar-refractivity contribution in [2.45, 2.75) is 0 Å². The minimum Gasteiger partial charge on any atom is -0.395 e. The molecule has 25 heavy (non-hydrogen) atoms. The highest BCUT2D eigenvalue weighted by molar-refractivity contribution is 5.99. The molecular weight excluding hydrogens is 326 g/mol. The molecule has 0 unspecified atom stereocenters. The first kappa shape index (κ1) is 17.0. The number of anilines is 2. The first-order chi connectivity index (χ1) is 12.2. The molecule has 10 heteroatoms. The minimum atomic E-state index is -0.380. The van der Waals surface area contributed by atoms with E-state index in [9.17, 15) is 4.79 Å². The van der Waals surface area contributed by atoms with Crippen molar-refractivity contribution >= 4 is 17.8 Å². The van der Waals surface area contributed by atoms with E-state index in [1.807, 2.05) is 4.90 Å². The monoisotopic (exact) mass is 345 g/mol. The number of rotatable bonds is 5. The average Bonchev–Trinajstić information content (AvgIpc) is 2.67. The lowest BCUT2D eigenvalue weighted by Gasteiger charge is -2.27. The van der Waals surface area contributed by atoms with Crippen molar-refractivity contribution in [3.8, 4) is 11.3 Å². The number of carbonyl (C=O) groups excluding carboxylic acids is 1. The van der Waals surface area contributed by atoms with Gasteiger partial charge in [-0.2, -0.15) is 0 Å². The fraction of sp³-hybridized carbons (Fsp3) is 0.400. The molecule has 0 aromatic carbocycles. The number of amides is 1. The van der Waals surface area contributed by atoms with Crippen LogP contribution in [0.4, 0.5) is 11.9 Å². The van der Waals surface area contributed by atoms with E-state index in [0.717, 1.165) is 0 Å². The summed E-state index contributed by atoms with van der Waals surface area (Å²) in [7, 11) is 0. The summed E-state index contributed by atoms with van der Waals surface area (Å²) < 4.78 is 5.34. The molecule has 2 aromatic rings. The summed E-state index contributed by atoms with van der Waals surface area (Å²) in [5.41, 5.74) is 6.77. The molecule has 0 aliphatic carbocycles. The summed E-state index contributed by atoms with van der Waals surface area (Å²) >= 11 is 0. The largest absolute Gasteiger partial charge is 0.395 e. The Balaban J connectivity index is 1.99. The molecule has 0 atom stereocenters. The molecule has 132 valence electrons. The van der Waals surface area contributed by atoms with Gasteiger partial charge in [-0.05, 0) is 0 Å². The fourth-order valence-corrected chi connectivity index (χ4v) is 2.40. The van der Waals surface area contributed by atoms with Crippen molar-refractivity contribution in [1.29, 1.82) is 0 Å². The molecule has 1 aliphatic rings. The van der Waals surface area contributed by atoms with Crippen molar-refractivity contribution in [3.05, 3.63) is 24.2 Å². The van der Waals surface area contributed by atoms with Crippen molar-refractivity contribution in [2.75, 3.05) is 50.1 Å². The van der Waals surface area contributed by atoms with Crippen LogP contribution in [0.15, 0.2) is 18.6 Å². The third kappa shape index (κ3) is 3.98. The molecule has 2 aromatic heterocycles. The van der Waals surface area contributed by atoms with Crippen LogP contribution in [-0.2, 0) is 4.74 Å². The number of aliphatic hydroxyl groups excluding tert-OH is 1. The van der Waals surface area contributed by atoms with Gasteiger partial charge in [0.05, 0.1) is 31.1 Å². The van der Waals surface area contributed by atoms with E-state index in [1.54, 1.807) is 0 Å². The Morgan fingerprint density at radius 2 is 1.96 bits per heavy atom. The molecule has 1 amide bonds. The number of hydrogen-bond donors (Lipinski definition) is 3. The van der Waals surface area contributed by atoms with E-state index < -0.39 is 0 Å². The zero-order valence-corrected chi connectivity index (χ0v) is 13.6. The predicted molar refractivity (Wildman–Crippen MR) is 89.9 cm³/mol. The number of hydrogen-bond acceptors (Lipinski definition) is 9. The van der Waals surface area contributed by atoms with Crippen molar-refractivity contribution in [2.24, 2.45) is 0 Å². The lowest BCUT2D eigenvalue weighted by molar-refractivity contribution is 0.0944. The highest BCUT2D eigenvalue weighted by Crippen LogP contribution is 2.23. The van der Waals surface area contributed by atoms with Gasteiger partial charge in [0, 0.05) is 43.8 Å². The van der Waals surface area contributed by atoms with Gasteiger partial charge in [-0.25, -0.2) is 19.9 Å². The lowest BCUT2D eigenvalue weighted by Crippen LogP contribution is -2.37. The van der Waals surface area contributed by atoms with Gasteiger partial charge in [-0.15, -0.1) is 0 Å². The molecule has 1 saturated heterocycles. The first-order valence-corrected chi connectivity index (χ1v) is 7.85. The quantitative estimate of drug-likeness (QED) is 0.627. The fourth-order valence-electron chi connectivity index (χ4n) is 2.40. The average molecular weight is 345 g/mol. The smallest absolute Gasteiger partial charge is 0.255 e. The SMILES string of the molecule is Nc1ncc(-c2nc(N3CCOCC3)ncc2C(=O)NCCO)cn1. The van der Waals surface area contributed by atoms with Gasteiger partial charge in [0.25, 0.3) is 5.91 Å². The summed E-state index contributed by atoms with van der Waals surface area (Å²) in [6.07, 6.45) is 4.49. The van der Waals surface area contributed by atoms with Gasteiger partial charge in [-0.1, -0.05) is 0 Å². The number of aliphatic hydroxyl groups is 1. The zero-order chi connectivity index (χ0) is 17.6. The van der Waals surface area contributed by atoms with E-state index in [-0.39, 0.29) is 30.6 Å². The molecule has 1 aliphatic heterocycles. The van der Waals surface area contributed by atoms with E-state index in [1.165, 1.54) is 18.6 Å². The van der Waals surface area contributed by atoms with Crippen LogP contribution in [0.1, 0.15) is 10.4 Å². The third-order valence-electron chi connectivity index (χ3n) is 3.66. The Kier molecular flexibility index (Phi) is 5.31. The molecule has 0 bridgehead atoms. The second-order valence-corrected chi connectivity index (χ2v) is 5.34. The van der Waals surface area contributed by atoms with Gasteiger partial charge in [-0.3, -0.25) is 4.79 Å². The van der Waals surface area contributed by atoms with Crippen LogP contribution in [0.3, 0.4) is 0 Å². The highest BCUT2D eigenvalue weighted by Gasteiger charge is 2.20. The van der Waals surface area contributed by atoms with Crippen molar-refractivity contribution < 1.29 is 14.6 Å². The molecule has 3 heterocycles. The molecule has 10 nitrogen and oxygen atoms in total. The number of nitrogens with two attached hydrogens (primary N) is 1. The summed E-state index contributed by atoms with van der Waals surface area (Å²) in [6, 6.07) is 0. The number of carbonyl (C=O) groups is 1. The summed E-state index contributed by atoms with van der Waals surface area (Å²) in [6.45, 7) is 2.53. The lowest BCUT2D eigenvalue weighted by atomic mass is 10.1. The highest BCUT2D eigenvalue weighted by atomic mass is 16.5. The van der Waals surface area contributed by atoms with E-state index in [2.05, 4.69) is 25.3 Å². The number of ether oxygens (including phenoxy) is 1. The summed E-state index contributed by atoms with van der Waals surface area (Å²) in [5.74, 6) is 0.265.